The maximum atomic E-state index is 12.5. The molecule has 0 aliphatic heterocycles. The van der Waals surface area contributed by atoms with Crippen LogP contribution in [0.25, 0.3) is 0 Å². The molecule has 0 bridgehead atoms. The van der Waals surface area contributed by atoms with Gasteiger partial charge in [0, 0.05) is 36.8 Å². The second kappa shape index (κ2) is 8.21. The van der Waals surface area contributed by atoms with Crippen LogP contribution in [-0.2, 0) is 31.2 Å². The van der Waals surface area contributed by atoms with Gasteiger partial charge in [-0.25, -0.2) is 4.79 Å². The van der Waals surface area contributed by atoms with E-state index >= 15 is 0 Å². The summed E-state index contributed by atoms with van der Waals surface area (Å²) in [7, 11) is 5.33. The third-order valence-corrected chi connectivity index (χ3v) is 7.11. The predicted octanol–water partition coefficient (Wildman–Crippen LogP) is 3.84. The Balaban J connectivity index is 1.82. The summed E-state index contributed by atoms with van der Waals surface area (Å²) in [4.78, 5) is 15.7. The van der Waals surface area contributed by atoms with Crippen molar-refractivity contribution in [2.45, 2.75) is 46.6 Å². The minimum Gasteiger partial charge on any atom is -0.465 e. The zero-order valence-electron chi connectivity index (χ0n) is 17.4. The Labute approximate surface area is 175 Å². The fraction of sp³-hybridized carbons (Fsp3) is 0.550. The number of ether oxygens (including phenoxy) is 1. The van der Waals surface area contributed by atoms with E-state index in [1.807, 2.05) is 30.6 Å². The summed E-state index contributed by atoms with van der Waals surface area (Å²) in [5.41, 5.74) is 5.08. The normalized spacial score (nSPS) is 15.9. The van der Waals surface area contributed by atoms with Crippen LogP contribution in [0.4, 0.5) is 5.00 Å². The summed E-state index contributed by atoms with van der Waals surface area (Å²) in [6.45, 7) is 6.98. The highest BCUT2D eigenvalue weighted by atomic mass is 32.1. The van der Waals surface area contributed by atoms with Crippen LogP contribution < -0.4 is 5.32 Å². The second-order valence-electron chi connectivity index (χ2n) is 7.61. The van der Waals surface area contributed by atoms with Crippen LogP contribution in [0, 0.1) is 19.8 Å². The van der Waals surface area contributed by atoms with E-state index in [1.165, 1.54) is 17.6 Å². The van der Waals surface area contributed by atoms with E-state index in [9.17, 15) is 4.79 Å². The molecule has 0 amide bonds. The van der Waals surface area contributed by atoms with Crippen molar-refractivity contribution in [3.05, 3.63) is 33.0 Å². The van der Waals surface area contributed by atoms with Crippen LogP contribution in [0.15, 0.2) is 0 Å². The first-order valence-electron chi connectivity index (χ1n) is 9.46. The molecule has 0 saturated heterocycles. The molecular weight excluding hydrogens is 392 g/mol. The molecule has 0 radical (unpaired) electrons. The molecule has 1 aliphatic carbocycles. The zero-order chi connectivity index (χ0) is 20.6. The first kappa shape index (κ1) is 20.8. The van der Waals surface area contributed by atoms with Gasteiger partial charge in [-0.15, -0.1) is 11.3 Å². The molecule has 8 heteroatoms. The molecule has 1 aliphatic rings. The number of anilines is 1. The van der Waals surface area contributed by atoms with Gasteiger partial charge in [0.15, 0.2) is 5.11 Å². The lowest BCUT2D eigenvalue weighted by Gasteiger charge is -2.21. The second-order valence-corrected chi connectivity index (χ2v) is 9.10. The Morgan fingerprint density at radius 1 is 1.46 bits per heavy atom. The number of hydrogen-bond acceptors (Lipinski definition) is 5. The van der Waals surface area contributed by atoms with Crippen molar-refractivity contribution in [3.63, 3.8) is 0 Å². The lowest BCUT2D eigenvalue weighted by molar-refractivity contribution is 0.0601. The molecule has 0 spiro atoms. The largest absolute Gasteiger partial charge is 0.465 e. The molecule has 2 heterocycles. The average molecular weight is 421 g/mol. The number of methoxy groups -OCH3 is 1. The van der Waals surface area contributed by atoms with E-state index in [1.54, 1.807) is 11.3 Å². The van der Waals surface area contributed by atoms with Gasteiger partial charge >= 0.3 is 5.97 Å². The smallest absolute Gasteiger partial charge is 0.341 e. The number of rotatable bonds is 4. The maximum absolute atomic E-state index is 12.5. The number of fused-ring (bicyclic) bond motifs is 1. The van der Waals surface area contributed by atoms with Crippen LogP contribution in [0.5, 0.6) is 0 Å². The number of thiophene rings is 1. The van der Waals surface area contributed by atoms with Crippen molar-refractivity contribution in [2.75, 3.05) is 19.5 Å². The van der Waals surface area contributed by atoms with Gasteiger partial charge in [0.05, 0.1) is 18.4 Å². The minimum absolute atomic E-state index is 0.293. The molecule has 1 N–H and O–H groups in total. The third kappa shape index (κ3) is 3.93. The first-order valence-corrected chi connectivity index (χ1v) is 10.7. The van der Waals surface area contributed by atoms with Crippen molar-refractivity contribution >= 4 is 39.6 Å². The van der Waals surface area contributed by atoms with E-state index < -0.39 is 0 Å². The fourth-order valence-corrected chi connectivity index (χ4v) is 5.33. The number of thiocarbonyl (C=S) groups is 1. The molecule has 28 heavy (non-hydrogen) atoms. The van der Waals surface area contributed by atoms with Crippen LogP contribution in [0.1, 0.15) is 51.1 Å². The number of esters is 1. The van der Waals surface area contributed by atoms with Gasteiger partial charge in [0.25, 0.3) is 0 Å². The molecule has 2 aromatic heterocycles. The SMILES string of the molecule is COC(=O)c1c(NC(=S)N(C)Cc2c(C)nn(C)c2C)sc2c1CCC(C)C2. The number of nitrogens with zero attached hydrogens (tertiary/aromatic N) is 3. The van der Waals surface area contributed by atoms with Crippen LogP contribution in [0.3, 0.4) is 0 Å². The number of aryl methyl sites for hydroxylation is 2. The Morgan fingerprint density at radius 3 is 2.79 bits per heavy atom. The van der Waals surface area contributed by atoms with E-state index in [4.69, 9.17) is 17.0 Å². The highest BCUT2D eigenvalue weighted by molar-refractivity contribution is 7.80. The Kier molecular flexibility index (Phi) is 6.09. The molecule has 0 fully saturated rings. The molecular formula is C20H28N4O2S2. The average Bonchev–Trinajstić information content (AvgIpc) is 3.11. The van der Waals surface area contributed by atoms with Crippen LogP contribution in [-0.4, -0.2) is 39.9 Å². The first-order chi connectivity index (χ1) is 13.2. The molecule has 6 nitrogen and oxygen atoms in total. The summed E-state index contributed by atoms with van der Waals surface area (Å²) in [5.74, 6) is 0.342. The molecule has 152 valence electrons. The summed E-state index contributed by atoms with van der Waals surface area (Å²) in [6.07, 6.45) is 3.01. The van der Waals surface area contributed by atoms with Gasteiger partial charge in [-0.2, -0.15) is 5.10 Å². The van der Waals surface area contributed by atoms with E-state index in [0.717, 1.165) is 41.2 Å². The summed E-state index contributed by atoms with van der Waals surface area (Å²) in [5, 5.41) is 9.16. The maximum Gasteiger partial charge on any atom is 0.341 e. The number of nitrogens with one attached hydrogen (secondary N) is 1. The number of carbonyl (C=O) groups is 1. The number of hydrogen-bond donors (Lipinski definition) is 1. The van der Waals surface area contributed by atoms with E-state index in [0.29, 0.717) is 23.1 Å². The Bertz CT molecular complexity index is 916. The summed E-state index contributed by atoms with van der Waals surface area (Å²) >= 11 is 7.27. The number of carbonyl (C=O) groups excluding carboxylic acids is 1. The van der Waals surface area contributed by atoms with Crippen molar-refractivity contribution in [2.24, 2.45) is 13.0 Å². The van der Waals surface area contributed by atoms with Gasteiger partial charge in [0.2, 0.25) is 0 Å². The van der Waals surface area contributed by atoms with Gasteiger partial charge < -0.3 is 15.0 Å². The lowest BCUT2D eigenvalue weighted by atomic mass is 9.88. The summed E-state index contributed by atoms with van der Waals surface area (Å²) in [6, 6.07) is 0. The predicted molar refractivity (Wildman–Crippen MR) is 117 cm³/mol. The molecule has 1 unspecified atom stereocenters. The minimum atomic E-state index is -0.293. The molecule has 3 rings (SSSR count). The highest BCUT2D eigenvalue weighted by Crippen LogP contribution is 2.40. The molecule has 1 atom stereocenters. The van der Waals surface area contributed by atoms with E-state index in [-0.39, 0.29) is 5.97 Å². The lowest BCUT2D eigenvalue weighted by Crippen LogP contribution is -2.31. The highest BCUT2D eigenvalue weighted by Gasteiger charge is 2.29. The molecule has 0 aromatic carbocycles. The topological polar surface area (TPSA) is 59.4 Å². The molecule has 0 saturated carbocycles. The van der Waals surface area contributed by atoms with Crippen molar-refractivity contribution < 1.29 is 9.53 Å². The fourth-order valence-electron chi connectivity index (χ4n) is 3.70. The van der Waals surface area contributed by atoms with Gasteiger partial charge in [0.1, 0.15) is 5.00 Å². The quantitative estimate of drug-likeness (QED) is 0.599. The van der Waals surface area contributed by atoms with Gasteiger partial charge in [-0.3, -0.25) is 4.68 Å². The number of aromatic nitrogens is 2. The van der Waals surface area contributed by atoms with Gasteiger partial charge in [-0.1, -0.05) is 6.92 Å². The van der Waals surface area contributed by atoms with E-state index in [2.05, 4.69) is 24.3 Å². The molecule has 2 aromatic rings. The van der Waals surface area contributed by atoms with Crippen molar-refractivity contribution in [3.8, 4) is 0 Å². The standard InChI is InChI=1S/C20H28N4O2S2/c1-11-7-8-14-16(9-11)28-18(17(14)19(25)26-6)21-20(27)23(4)10-15-12(2)22-24(5)13(15)3/h11H,7-10H2,1-6H3,(H,21,27). The zero-order valence-corrected chi connectivity index (χ0v) is 19.0. The van der Waals surface area contributed by atoms with Crippen molar-refractivity contribution in [1.29, 1.82) is 0 Å². The summed E-state index contributed by atoms with van der Waals surface area (Å²) < 4.78 is 6.95. The Hall–Kier alpha value is -1.93. The van der Waals surface area contributed by atoms with Crippen molar-refractivity contribution in [1.82, 2.24) is 14.7 Å². The Morgan fingerprint density at radius 2 is 2.18 bits per heavy atom. The van der Waals surface area contributed by atoms with Crippen LogP contribution >= 0.6 is 23.6 Å². The monoisotopic (exact) mass is 420 g/mol. The van der Waals surface area contributed by atoms with Gasteiger partial charge in [-0.05, 0) is 56.8 Å². The van der Waals surface area contributed by atoms with Crippen LogP contribution in [0.2, 0.25) is 0 Å². The third-order valence-electron chi connectivity index (χ3n) is 5.52.